The van der Waals surface area contributed by atoms with Crippen LogP contribution >= 0.6 is 0 Å². The summed E-state index contributed by atoms with van der Waals surface area (Å²) in [4.78, 5) is 26.5. The average Bonchev–Trinajstić information content (AvgIpc) is 3.14. The summed E-state index contributed by atoms with van der Waals surface area (Å²) in [5.74, 6) is 1.39. The molecule has 2 aliphatic heterocycles. The van der Waals surface area contributed by atoms with Gasteiger partial charge in [-0.1, -0.05) is 12.1 Å². The van der Waals surface area contributed by atoms with Crippen LogP contribution in [0.25, 0.3) is 6.08 Å². The summed E-state index contributed by atoms with van der Waals surface area (Å²) in [6, 6.07) is 11.0. The fourth-order valence-corrected chi connectivity index (χ4v) is 3.50. The van der Waals surface area contributed by atoms with Crippen LogP contribution in [0.5, 0.6) is 5.75 Å². The molecular formula is C20H19NO4. The van der Waals surface area contributed by atoms with Crippen LogP contribution in [-0.2, 0) is 4.79 Å². The Kier molecular flexibility index (Phi) is 3.92. The molecule has 1 spiro atoms. The Morgan fingerprint density at radius 1 is 1.12 bits per heavy atom. The normalized spacial score (nSPS) is 19.0. The first-order chi connectivity index (χ1) is 12.2. The summed E-state index contributed by atoms with van der Waals surface area (Å²) >= 11 is 0. The molecule has 128 valence electrons. The van der Waals surface area contributed by atoms with Gasteiger partial charge < -0.3 is 14.1 Å². The second-order valence-corrected chi connectivity index (χ2v) is 6.56. The highest BCUT2D eigenvalue weighted by Gasteiger charge is 2.43. The van der Waals surface area contributed by atoms with E-state index in [0.717, 1.165) is 0 Å². The fourth-order valence-electron chi connectivity index (χ4n) is 3.50. The van der Waals surface area contributed by atoms with E-state index in [1.54, 1.807) is 29.4 Å². The van der Waals surface area contributed by atoms with Crippen LogP contribution in [0.1, 0.15) is 35.4 Å². The molecule has 2 aromatic rings. The third kappa shape index (κ3) is 3.09. The predicted molar refractivity (Wildman–Crippen MR) is 92.3 cm³/mol. The molecule has 5 nitrogen and oxygen atoms in total. The zero-order valence-electron chi connectivity index (χ0n) is 13.8. The van der Waals surface area contributed by atoms with Crippen molar-refractivity contribution in [2.24, 2.45) is 0 Å². The third-order valence-electron chi connectivity index (χ3n) is 4.92. The number of hydrogen-bond acceptors (Lipinski definition) is 4. The number of ketones is 1. The van der Waals surface area contributed by atoms with E-state index in [2.05, 4.69) is 0 Å². The van der Waals surface area contributed by atoms with E-state index in [4.69, 9.17) is 9.15 Å². The van der Waals surface area contributed by atoms with E-state index in [-0.39, 0.29) is 11.7 Å². The molecular weight excluding hydrogens is 318 g/mol. The molecule has 0 saturated carbocycles. The van der Waals surface area contributed by atoms with Crippen LogP contribution < -0.4 is 4.74 Å². The molecule has 1 aromatic heterocycles. The van der Waals surface area contributed by atoms with Crippen molar-refractivity contribution < 1.29 is 18.7 Å². The van der Waals surface area contributed by atoms with Crippen molar-refractivity contribution in [2.45, 2.75) is 24.9 Å². The maximum absolute atomic E-state index is 12.4. The Morgan fingerprint density at radius 2 is 1.92 bits per heavy atom. The highest BCUT2D eigenvalue weighted by Crippen LogP contribution is 2.39. The van der Waals surface area contributed by atoms with E-state index >= 15 is 0 Å². The Bertz CT molecular complexity index is 814. The number of carbonyl (C=O) groups is 2. The highest BCUT2D eigenvalue weighted by atomic mass is 16.5. The number of carbonyl (C=O) groups excluding carboxylic acids is 2. The number of likely N-dealkylation sites (tertiary alicyclic amines) is 1. The molecule has 3 heterocycles. The maximum Gasteiger partial charge on any atom is 0.246 e. The number of ether oxygens (including phenoxy) is 1. The van der Waals surface area contributed by atoms with Gasteiger partial charge in [0.1, 0.15) is 17.1 Å². The van der Waals surface area contributed by atoms with Crippen LogP contribution in [-0.4, -0.2) is 35.3 Å². The van der Waals surface area contributed by atoms with Gasteiger partial charge in [-0.2, -0.15) is 0 Å². The molecule has 0 aliphatic carbocycles. The van der Waals surface area contributed by atoms with Gasteiger partial charge in [-0.05, 0) is 30.3 Å². The molecule has 0 bridgehead atoms. The van der Waals surface area contributed by atoms with Crippen LogP contribution in [0.15, 0.2) is 53.2 Å². The Morgan fingerprint density at radius 3 is 2.68 bits per heavy atom. The molecule has 5 heteroatoms. The number of para-hydroxylation sites is 1. The number of fused-ring (bicyclic) bond motifs is 1. The van der Waals surface area contributed by atoms with Crippen LogP contribution in [0.3, 0.4) is 0 Å². The molecule has 1 aromatic carbocycles. The minimum Gasteiger partial charge on any atom is -0.486 e. The van der Waals surface area contributed by atoms with E-state index in [0.29, 0.717) is 49.4 Å². The van der Waals surface area contributed by atoms with Crippen molar-refractivity contribution in [2.75, 3.05) is 13.1 Å². The number of rotatable bonds is 2. The van der Waals surface area contributed by atoms with Gasteiger partial charge in [-0.3, -0.25) is 9.59 Å². The zero-order valence-corrected chi connectivity index (χ0v) is 13.8. The number of benzene rings is 1. The summed E-state index contributed by atoms with van der Waals surface area (Å²) in [7, 11) is 0. The first kappa shape index (κ1) is 15.7. The molecule has 2 aliphatic rings. The van der Waals surface area contributed by atoms with Gasteiger partial charge in [-0.15, -0.1) is 0 Å². The molecule has 1 fully saturated rings. The van der Waals surface area contributed by atoms with Crippen molar-refractivity contribution in [3.8, 4) is 5.75 Å². The summed E-state index contributed by atoms with van der Waals surface area (Å²) in [6.45, 7) is 1.16. The van der Waals surface area contributed by atoms with Gasteiger partial charge in [0.2, 0.25) is 5.91 Å². The monoisotopic (exact) mass is 337 g/mol. The number of nitrogens with zero attached hydrogens (tertiary/aromatic N) is 1. The zero-order chi connectivity index (χ0) is 17.3. The molecule has 0 unspecified atom stereocenters. The quantitative estimate of drug-likeness (QED) is 0.789. The smallest absolute Gasteiger partial charge is 0.246 e. The van der Waals surface area contributed by atoms with E-state index in [1.165, 1.54) is 6.08 Å². The van der Waals surface area contributed by atoms with Gasteiger partial charge >= 0.3 is 0 Å². The van der Waals surface area contributed by atoms with E-state index in [9.17, 15) is 9.59 Å². The Labute approximate surface area is 145 Å². The Balaban J connectivity index is 1.42. The molecule has 25 heavy (non-hydrogen) atoms. The minimum absolute atomic E-state index is 0.0474. The number of hydrogen-bond donors (Lipinski definition) is 0. The van der Waals surface area contributed by atoms with Gasteiger partial charge in [-0.25, -0.2) is 0 Å². The summed E-state index contributed by atoms with van der Waals surface area (Å²) in [5, 5.41) is 0. The first-order valence-electron chi connectivity index (χ1n) is 8.47. The third-order valence-corrected chi connectivity index (χ3v) is 4.92. The van der Waals surface area contributed by atoms with Crippen molar-refractivity contribution in [3.63, 3.8) is 0 Å². The van der Waals surface area contributed by atoms with Crippen LogP contribution in [0, 0.1) is 0 Å². The number of furan rings is 1. The van der Waals surface area contributed by atoms with Crippen LogP contribution in [0.4, 0.5) is 0 Å². The van der Waals surface area contributed by atoms with Crippen LogP contribution in [0.2, 0.25) is 0 Å². The van der Waals surface area contributed by atoms with E-state index < -0.39 is 5.60 Å². The standard InChI is InChI=1S/C20H19NO4/c22-17-14-20(25-18-6-2-1-5-16(17)18)9-11-21(12-10-20)19(23)8-7-15-4-3-13-24-15/h1-8,13H,9-12,14H2/b8-7+. The molecule has 1 amide bonds. The lowest BCUT2D eigenvalue weighted by Crippen LogP contribution is -2.52. The largest absolute Gasteiger partial charge is 0.486 e. The number of piperidine rings is 1. The fraction of sp³-hybridized carbons (Fsp3) is 0.300. The second-order valence-electron chi connectivity index (χ2n) is 6.56. The first-order valence-corrected chi connectivity index (χ1v) is 8.47. The van der Waals surface area contributed by atoms with Crippen molar-refractivity contribution in [1.29, 1.82) is 0 Å². The lowest BCUT2D eigenvalue weighted by molar-refractivity contribution is -0.129. The van der Waals surface area contributed by atoms with Crippen molar-refractivity contribution in [3.05, 3.63) is 60.1 Å². The van der Waals surface area contributed by atoms with Gasteiger partial charge in [0.15, 0.2) is 5.78 Å². The molecule has 0 atom stereocenters. The molecule has 0 radical (unpaired) electrons. The highest BCUT2D eigenvalue weighted by molar-refractivity contribution is 6.00. The SMILES string of the molecule is O=C1CC2(CCN(C(=O)/C=C/c3ccco3)CC2)Oc2ccccc21. The van der Waals surface area contributed by atoms with Gasteiger partial charge in [0, 0.05) is 32.0 Å². The van der Waals surface area contributed by atoms with Gasteiger partial charge in [0.25, 0.3) is 0 Å². The number of Topliss-reactive ketones (excluding diaryl/α,β-unsaturated/α-hetero) is 1. The van der Waals surface area contributed by atoms with E-state index in [1.807, 2.05) is 24.3 Å². The second kappa shape index (κ2) is 6.24. The predicted octanol–water partition coefficient (Wildman–Crippen LogP) is 3.32. The Hall–Kier alpha value is -2.82. The van der Waals surface area contributed by atoms with Crippen molar-refractivity contribution in [1.82, 2.24) is 4.90 Å². The van der Waals surface area contributed by atoms with Gasteiger partial charge in [0.05, 0.1) is 18.2 Å². The number of amides is 1. The molecule has 0 N–H and O–H groups in total. The lowest BCUT2D eigenvalue weighted by atomic mass is 9.82. The average molecular weight is 337 g/mol. The topological polar surface area (TPSA) is 59.8 Å². The maximum atomic E-state index is 12.4. The lowest BCUT2D eigenvalue weighted by Gasteiger charge is -2.43. The molecule has 4 rings (SSSR count). The summed E-state index contributed by atoms with van der Waals surface area (Å²) in [5.41, 5.74) is 0.181. The minimum atomic E-state index is -0.479. The molecule has 1 saturated heterocycles. The van der Waals surface area contributed by atoms with Crippen molar-refractivity contribution >= 4 is 17.8 Å². The summed E-state index contributed by atoms with van der Waals surface area (Å²) < 4.78 is 11.4. The summed E-state index contributed by atoms with van der Waals surface area (Å²) in [6.07, 6.45) is 6.47.